The monoisotopic (exact) mass is 727 g/mol. The number of hydrogen-bond acceptors (Lipinski definition) is 9. The third kappa shape index (κ3) is 7.47. The van der Waals surface area contributed by atoms with Gasteiger partial charge in [-0.05, 0) is 108 Å². The molecule has 10 nitrogen and oxygen atoms in total. The summed E-state index contributed by atoms with van der Waals surface area (Å²) in [5.74, 6) is 2.08. The number of nitrogens with zero attached hydrogens (tertiary/aromatic N) is 2. The first-order valence-electron chi connectivity index (χ1n) is 17.2. The fraction of sp³-hybridized carbons (Fsp3) is 0.190. The topological polar surface area (TPSA) is 116 Å². The van der Waals surface area contributed by atoms with Gasteiger partial charge in [0, 0.05) is 18.5 Å². The van der Waals surface area contributed by atoms with Crippen molar-refractivity contribution in [2.75, 3.05) is 34.4 Å². The lowest BCUT2D eigenvalue weighted by molar-refractivity contribution is -0.122. The Morgan fingerprint density at radius 1 is 0.830 bits per heavy atom. The minimum absolute atomic E-state index is 0.0172. The molecule has 5 aromatic rings. The van der Waals surface area contributed by atoms with Crippen molar-refractivity contribution in [3.63, 3.8) is 0 Å². The average Bonchev–Trinajstić information content (AvgIpc) is 3.44. The highest BCUT2D eigenvalue weighted by Gasteiger charge is 2.35. The Kier molecular flexibility index (Phi) is 10.4. The van der Waals surface area contributed by atoms with Crippen LogP contribution >= 0.6 is 11.8 Å². The minimum Gasteiger partial charge on any atom is -0.493 e. The molecule has 0 bridgehead atoms. The van der Waals surface area contributed by atoms with E-state index in [9.17, 15) is 14.4 Å². The number of thioether (sulfide) groups is 1. The van der Waals surface area contributed by atoms with Crippen LogP contribution in [0.5, 0.6) is 28.7 Å². The molecule has 1 fully saturated rings. The Morgan fingerprint density at radius 3 is 2.25 bits per heavy atom. The minimum atomic E-state index is -0.441. The molecule has 3 amide bonds. The molecule has 1 aliphatic carbocycles. The second-order valence-electron chi connectivity index (χ2n) is 12.4. The molecule has 53 heavy (non-hydrogen) atoms. The van der Waals surface area contributed by atoms with Gasteiger partial charge in [0.2, 0.25) is 5.75 Å². The maximum absolute atomic E-state index is 14.0. The normalized spacial score (nSPS) is 15.5. The summed E-state index contributed by atoms with van der Waals surface area (Å²) in [5.41, 5.74) is 5.66. The number of aromatic nitrogens is 1. The van der Waals surface area contributed by atoms with Crippen molar-refractivity contribution in [2.45, 2.75) is 19.3 Å². The van der Waals surface area contributed by atoms with Gasteiger partial charge in [0.1, 0.15) is 11.5 Å². The van der Waals surface area contributed by atoms with E-state index in [1.807, 2.05) is 78.9 Å². The van der Waals surface area contributed by atoms with Gasteiger partial charge >= 0.3 is 0 Å². The predicted molar refractivity (Wildman–Crippen MR) is 207 cm³/mol. The molecule has 0 unspecified atom stereocenters. The van der Waals surface area contributed by atoms with Gasteiger partial charge in [-0.25, -0.2) is 4.98 Å². The van der Waals surface area contributed by atoms with E-state index in [2.05, 4.69) is 11.4 Å². The number of carbonyl (C=O) groups excluding carboxylic acids is 3. The van der Waals surface area contributed by atoms with E-state index in [-0.39, 0.29) is 23.9 Å². The Bertz CT molecular complexity index is 2240. The summed E-state index contributed by atoms with van der Waals surface area (Å²) < 4.78 is 22.2. The lowest BCUT2D eigenvalue weighted by atomic mass is 9.85. The van der Waals surface area contributed by atoms with Gasteiger partial charge < -0.3 is 24.3 Å². The van der Waals surface area contributed by atoms with Gasteiger partial charge in [-0.3, -0.25) is 19.3 Å². The highest BCUT2D eigenvalue weighted by molar-refractivity contribution is 8.18. The van der Waals surface area contributed by atoms with Crippen LogP contribution in [0.4, 0.5) is 4.79 Å². The van der Waals surface area contributed by atoms with Crippen molar-refractivity contribution in [1.29, 1.82) is 0 Å². The maximum Gasteiger partial charge on any atom is 0.293 e. The molecule has 7 rings (SSSR count). The van der Waals surface area contributed by atoms with Crippen LogP contribution in [0.1, 0.15) is 45.6 Å². The van der Waals surface area contributed by atoms with Crippen LogP contribution in [-0.4, -0.2) is 61.4 Å². The molecule has 11 heteroatoms. The quantitative estimate of drug-likeness (QED) is 0.134. The van der Waals surface area contributed by atoms with E-state index in [1.54, 1.807) is 18.2 Å². The molecule has 268 valence electrons. The van der Waals surface area contributed by atoms with E-state index in [0.29, 0.717) is 34.8 Å². The van der Waals surface area contributed by atoms with E-state index in [0.717, 1.165) is 74.3 Å². The summed E-state index contributed by atoms with van der Waals surface area (Å²) in [4.78, 5) is 46.7. The second-order valence-corrected chi connectivity index (χ2v) is 13.4. The molecular formula is C42H37N3O7S. The number of hydrogen-bond donors (Lipinski definition) is 1. The fourth-order valence-electron chi connectivity index (χ4n) is 6.59. The molecule has 1 aromatic heterocycles. The number of imide groups is 1. The van der Waals surface area contributed by atoms with E-state index < -0.39 is 11.1 Å². The standard InChI is InChI=1S/C42H37N3O7S/c1-49-34-23-27(24-35(50-2)39(34)51-3)25-36-41(47)45(42(48)53-36)21-20-43-40(46)37-31-13-7-8-15-33(31)44-38-28(10-9-14-32(37)38)22-26-16-18-30(19-17-26)52-29-11-5-4-6-12-29/h4-8,11-13,15-19,22-25H,9-10,14,20-21H2,1-3H3,(H,43,46)/b28-22-,36-25+. The van der Waals surface area contributed by atoms with Gasteiger partial charge in [0.05, 0.1) is 43.0 Å². The zero-order valence-electron chi connectivity index (χ0n) is 29.5. The number of pyridine rings is 1. The van der Waals surface area contributed by atoms with E-state index in [1.165, 1.54) is 21.3 Å². The Labute approximate surface area is 311 Å². The van der Waals surface area contributed by atoms with E-state index in [4.69, 9.17) is 23.9 Å². The molecule has 0 spiro atoms. The predicted octanol–water partition coefficient (Wildman–Crippen LogP) is 8.40. The largest absolute Gasteiger partial charge is 0.493 e. The Hall–Kier alpha value is -6.07. The Morgan fingerprint density at radius 2 is 1.53 bits per heavy atom. The molecule has 1 N–H and O–H groups in total. The number of amides is 3. The molecule has 0 radical (unpaired) electrons. The summed E-state index contributed by atoms with van der Waals surface area (Å²) in [6.45, 7) is 0.100. The third-order valence-corrected chi connectivity index (χ3v) is 9.98. The van der Waals surface area contributed by atoms with Gasteiger partial charge in [0.15, 0.2) is 11.5 Å². The first-order chi connectivity index (χ1) is 25.9. The van der Waals surface area contributed by atoms with Crippen molar-refractivity contribution in [2.24, 2.45) is 0 Å². The first kappa shape index (κ1) is 35.3. The number of allylic oxidation sites excluding steroid dienone is 1. The number of para-hydroxylation sites is 2. The van der Waals surface area contributed by atoms with Gasteiger partial charge in [-0.1, -0.05) is 48.5 Å². The zero-order chi connectivity index (χ0) is 36.9. The molecule has 4 aromatic carbocycles. The molecule has 1 saturated heterocycles. The summed E-state index contributed by atoms with van der Waals surface area (Å²) >= 11 is 0.842. The molecule has 0 atom stereocenters. The van der Waals surface area contributed by atoms with Crippen LogP contribution in [0.2, 0.25) is 0 Å². The van der Waals surface area contributed by atoms with Crippen LogP contribution in [0.15, 0.2) is 95.9 Å². The summed E-state index contributed by atoms with van der Waals surface area (Å²) in [7, 11) is 4.52. The number of methoxy groups -OCH3 is 3. The number of benzene rings is 4. The smallest absolute Gasteiger partial charge is 0.293 e. The van der Waals surface area contributed by atoms with Crippen LogP contribution < -0.4 is 24.3 Å². The summed E-state index contributed by atoms with van der Waals surface area (Å²) in [6.07, 6.45) is 6.13. The van der Waals surface area contributed by atoms with Gasteiger partial charge in [-0.2, -0.15) is 0 Å². The molecule has 0 saturated carbocycles. The van der Waals surface area contributed by atoms with Crippen molar-refractivity contribution in [3.05, 3.63) is 124 Å². The fourth-order valence-corrected chi connectivity index (χ4v) is 7.46. The second kappa shape index (κ2) is 15.7. The molecule has 2 heterocycles. The highest BCUT2D eigenvalue weighted by Crippen LogP contribution is 2.41. The van der Waals surface area contributed by atoms with Gasteiger partial charge in [0.25, 0.3) is 17.1 Å². The number of fused-ring (bicyclic) bond motifs is 2. The van der Waals surface area contributed by atoms with Crippen LogP contribution in [0, 0.1) is 0 Å². The molecule has 1 aliphatic heterocycles. The van der Waals surface area contributed by atoms with E-state index >= 15 is 0 Å². The SMILES string of the molecule is COc1cc(/C=C2/SC(=O)N(CCNC(=O)c3c4c(nc5ccccc35)/C(=C\c3ccc(Oc5ccccc5)cc3)CCC4)C2=O)cc(OC)c1OC. The summed E-state index contributed by atoms with van der Waals surface area (Å²) in [6, 6.07) is 28.6. The number of carbonyl (C=O) groups is 3. The van der Waals surface area contributed by atoms with Gasteiger partial charge in [-0.15, -0.1) is 0 Å². The average molecular weight is 728 g/mol. The first-order valence-corrected chi connectivity index (χ1v) is 18.0. The summed E-state index contributed by atoms with van der Waals surface area (Å²) in [5, 5.41) is 3.33. The number of ether oxygens (including phenoxy) is 4. The van der Waals surface area contributed by atoms with Crippen molar-refractivity contribution >= 4 is 57.4 Å². The van der Waals surface area contributed by atoms with Crippen molar-refractivity contribution in [1.82, 2.24) is 15.2 Å². The lowest BCUT2D eigenvalue weighted by Crippen LogP contribution is -2.37. The molecule has 2 aliphatic rings. The van der Waals surface area contributed by atoms with Crippen molar-refractivity contribution in [3.8, 4) is 28.7 Å². The van der Waals surface area contributed by atoms with Crippen LogP contribution in [0.3, 0.4) is 0 Å². The lowest BCUT2D eigenvalue weighted by Gasteiger charge is -2.23. The van der Waals surface area contributed by atoms with Crippen LogP contribution in [0.25, 0.3) is 28.6 Å². The number of nitrogens with one attached hydrogen (secondary N) is 1. The van der Waals surface area contributed by atoms with Crippen LogP contribution in [-0.2, 0) is 11.2 Å². The third-order valence-electron chi connectivity index (χ3n) is 9.08. The Balaban J connectivity index is 1.08. The maximum atomic E-state index is 14.0. The molecular weight excluding hydrogens is 691 g/mol. The van der Waals surface area contributed by atoms with Crippen molar-refractivity contribution < 1.29 is 33.3 Å². The highest BCUT2D eigenvalue weighted by atomic mass is 32.2. The number of rotatable bonds is 11. The zero-order valence-corrected chi connectivity index (χ0v) is 30.3.